The van der Waals surface area contributed by atoms with E-state index in [1.54, 1.807) is 0 Å². The predicted molar refractivity (Wildman–Crippen MR) is 123 cm³/mol. The molecule has 3 rings (SSSR count). The Morgan fingerprint density at radius 3 is 2.35 bits per heavy atom. The summed E-state index contributed by atoms with van der Waals surface area (Å²) in [5.41, 5.74) is 3.15. The number of anilines is 2. The van der Waals surface area contributed by atoms with E-state index < -0.39 is 0 Å². The van der Waals surface area contributed by atoms with Gasteiger partial charge in [0.15, 0.2) is 0 Å². The van der Waals surface area contributed by atoms with Crippen LogP contribution < -0.4 is 10.2 Å². The van der Waals surface area contributed by atoms with Crippen molar-refractivity contribution in [3.63, 3.8) is 0 Å². The summed E-state index contributed by atoms with van der Waals surface area (Å²) in [4.78, 5) is 29.5. The lowest BCUT2D eigenvalue weighted by atomic mass is 9.85. The molecule has 2 aromatic carbocycles. The van der Waals surface area contributed by atoms with Crippen molar-refractivity contribution in [3.05, 3.63) is 59.4 Å². The number of amides is 2. The van der Waals surface area contributed by atoms with Crippen LogP contribution in [0.2, 0.25) is 0 Å². The van der Waals surface area contributed by atoms with E-state index >= 15 is 0 Å². The number of carbonyl (C=O) groups excluding carboxylic acids is 2. The molecular weight excluding hydrogens is 393 g/mol. The first-order chi connectivity index (χ1) is 14.8. The Labute approximate surface area is 184 Å². The average Bonchev–Trinajstić information content (AvgIpc) is 2.70. The van der Waals surface area contributed by atoms with Gasteiger partial charge < -0.3 is 15.1 Å². The van der Waals surface area contributed by atoms with E-state index in [0.717, 1.165) is 42.6 Å². The molecule has 1 aliphatic carbocycles. The maximum atomic E-state index is 13.3. The van der Waals surface area contributed by atoms with Gasteiger partial charge in [-0.1, -0.05) is 13.3 Å². The first-order valence-corrected chi connectivity index (χ1v) is 11.0. The summed E-state index contributed by atoms with van der Waals surface area (Å²) in [6.45, 7) is 4.45. The SMILES string of the molecule is CC[C@H](C)N(Cc1cc(NC(=O)C2CCC2)ccc1N(C)C)C(=O)c1ccc(F)cc1. The van der Waals surface area contributed by atoms with E-state index in [0.29, 0.717) is 12.1 Å². The number of benzene rings is 2. The van der Waals surface area contributed by atoms with Crippen molar-refractivity contribution in [2.24, 2.45) is 5.92 Å². The fraction of sp³-hybridized carbons (Fsp3) is 0.440. The standard InChI is InChI=1S/C25H32FN3O2/c1-5-17(2)29(25(31)19-9-11-21(26)12-10-19)16-20-15-22(13-14-23(20)28(3)4)27-24(30)18-7-6-8-18/h9-15,17-18H,5-8,16H2,1-4H3,(H,27,30)/t17-/m0/s1. The minimum atomic E-state index is -0.364. The van der Waals surface area contributed by atoms with Crippen molar-refractivity contribution in [2.45, 2.75) is 52.1 Å². The predicted octanol–water partition coefficient (Wildman–Crippen LogP) is 5.07. The van der Waals surface area contributed by atoms with Crippen LogP contribution in [-0.4, -0.2) is 36.9 Å². The minimum Gasteiger partial charge on any atom is -0.377 e. The zero-order valence-electron chi connectivity index (χ0n) is 18.8. The van der Waals surface area contributed by atoms with Gasteiger partial charge >= 0.3 is 0 Å². The monoisotopic (exact) mass is 425 g/mol. The van der Waals surface area contributed by atoms with E-state index in [9.17, 15) is 14.0 Å². The van der Waals surface area contributed by atoms with Crippen LogP contribution in [0.5, 0.6) is 0 Å². The summed E-state index contributed by atoms with van der Waals surface area (Å²) in [5, 5.41) is 3.03. The van der Waals surface area contributed by atoms with Crippen molar-refractivity contribution >= 4 is 23.2 Å². The largest absolute Gasteiger partial charge is 0.377 e. The number of carbonyl (C=O) groups is 2. The zero-order chi connectivity index (χ0) is 22.5. The third-order valence-corrected chi connectivity index (χ3v) is 6.12. The highest BCUT2D eigenvalue weighted by molar-refractivity contribution is 5.95. The molecule has 0 aliphatic heterocycles. The van der Waals surface area contributed by atoms with Gasteiger partial charge in [-0.2, -0.15) is 0 Å². The smallest absolute Gasteiger partial charge is 0.254 e. The molecule has 0 spiro atoms. The fourth-order valence-corrected chi connectivity index (χ4v) is 3.73. The van der Waals surface area contributed by atoms with Gasteiger partial charge in [0.05, 0.1) is 0 Å². The van der Waals surface area contributed by atoms with Crippen LogP contribution in [0, 0.1) is 11.7 Å². The van der Waals surface area contributed by atoms with Crippen LogP contribution in [0.1, 0.15) is 55.5 Å². The van der Waals surface area contributed by atoms with Crippen LogP contribution >= 0.6 is 0 Å². The Hall–Kier alpha value is -2.89. The molecule has 6 heteroatoms. The van der Waals surface area contributed by atoms with Crippen molar-refractivity contribution in [1.29, 1.82) is 0 Å². The lowest BCUT2D eigenvalue weighted by Crippen LogP contribution is -2.38. The number of nitrogens with one attached hydrogen (secondary N) is 1. The lowest BCUT2D eigenvalue weighted by Gasteiger charge is -2.31. The van der Waals surface area contributed by atoms with Gasteiger partial charge in [0, 0.05) is 49.5 Å². The van der Waals surface area contributed by atoms with E-state index in [1.807, 2.05) is 55.9 Å². The van der Waals surface area contributed by atoms with Crippen LogP contribution in [0.4, 0.5) is 15.8 Å². The summed E-state index contributed by atoms with van der Waals surface area (Å²) in [5.74, 6) is -0.330. The summed E-state index contributed by atoms with van der Waals surface area (Å²) >= 11 is 0. The normalized spacial score (nSPS) is 14.5. The molecule has 0 radical (unpaired) electrons. The second-order valence-electron chi connectivity index (χ2n) is 8.55. The Morgan fingerprint density at radius 1 is 1.13 bits per heavy atom. The highest BCUT2D eigenvalue weighted by atomic mass is 19.1. The van der Waals surface area contributed by atoms with E-state index in [2.05, 4.69) is 5.32 Å². The van der Waals surface area contributed by atoms with Crippen LogP contribution in [0.15, 0.2) is 42.5 Å². The summed E-state index contributed by atoms with van der Waals surface area (Å²) in [6, 6.07) is 11.5. The molecule has 1 fully saturated rings. The number of halogens is 1. The van der Waals surface area contributed by atoms with Gasteiger partial charge in [-0.3, -0.25) is 9.59 Å². The molecule has 0 saturated heterocycles. The summed E-state index contributed by atoms with van der Waals surface area (Å²) < 4.78 is 13.3. The molecule has 1 atom stereocenters. The molecule has 0 heterocycles. The van der Waals surface area contributed by atoms with Crippen molar-refractivity contribution in [2.75, 3.05) is 24.3 Å². The molecule has 1 aliphatic rings. The van der Waals surface area contributed by atoms with Gasteiger partial charge in [-0.05, 0) is 74.2 Å². The molecule has 2 amide bonds. The molecule has 0 unspecified atom stereocenters. The van der Waals surface area contributed by atoms with E-state index in [-0.39, 0.29) is 29.6 Å². The highest BCUT2D eigenvalue weighted by Crippen LogP contribution is 2.30. The minimum absolute atomic E-state index is 0.000731. The van der Waals surface area contributed by atoms with E-state index in [1.165, 1.54) is 24.3 Å². The second kappa shape index (κ2) is 9.94. The molecule has 5 nitrogen and oxygen atoms in total. The first kappa shape index (κ1) is 22.8. The van der Waals surface area contributed by atoms with Gasteiger partial charge in [-0.25, -0.2) is 4.39 Å². The summed E-state index contributed by atoms with van der Waals surface area (Å²) in [6.07, 6.45) is 3.80. The highest BCUT2D eigenvalue weighted by Gasteiger charge is 2.26. The Kier molecular flexibility index (Phi) is 7.31. The first-order valence-electron chi connectivity index (χ1n) is 11.0. The molecule has 31 heavy (non-hydrogen) atoms. The lowest BCUT2D eigenvalue weighted by molar-refractivity contribution is -0.122. The molecule has 2 aromatic rings. The van der Waals surface area contributed by atoms with Gasteiger partial charge in [-0.15, -0.1) is 0 Å². The van der Waals surface area contributed by atoms with Crippen LogP contribution in [0.25, 0.3) is 0 Å². The molecule has 1 saturated carbocycles. The van der Waals surface area contributed by atoms with Crippen LogP contribution in [0.3, 0.4) is 0 Å². The number of rotatable bonds is 8. The molecule has 0 bridgehead atoms. The zero-order valence-corrected chi connectivity index (χ0v) is 18.8. The van der Waals surface area contributed by atoms with E-state index in [4.69, 9.17) is 0 Å². The maximum absolute atomic E-state index is 13.3. The molecule has 0 aromatic heterocycles. The van der Waals surface area contributed by atoms with Gasteiger partial charge in [0.2, 0.25) is 5.91 Å². The molecule has 1 N–H and O–H groups in total. The Morgan fingerprint density at radius 2 is 1.81 bits per heavy atom. The third kappa shape index (κ3) is 5.43. The van der Waals surface area contributed by atoms with Crippen molar-refractivity contribution < 1.29 is 14.0 Å². The maximum Gasteiger partial charge on any atom is 0.254 e. The van der Waals surface area contributed by atoms with Crippen LogP contribution in [-0.2, 0) is 11.3 Å². The topological polar surface area (TPSA) is 52.7 Å². The number of hydrogen-bond donors (Lipinski definition) is 1. The quantitative estimate of drug-likeness (QED) is 0.642. The third-order valence-electron chi connectivity index (χ3n) is 6.12. The van der Waals surface area contributed by atoms with Gasteiger partial charge in [0.25, 0.3) is 5.91 Å². The average molecular weight is 426 g/mol. The van der Waals surface area contributed by atoms with Crippen molar-refractivity contribution in [3.8, 4) is 0 Å². The molecular formula is C25H32FN3O2. The Bertz CT molecular complexity index is 923. The number of hydrogen-bond acceptors (Lipinski definition) is 3. The fourth-order valence-electron chi connectivity index (χ4n) is 3.73. The summed E-state index contributed by atoms with van der Waals surface area (Å²) in [7, 11) is 3.92. The molecule has 166 valence electrons. The second-order valence-corrected chi connectivity index (χ2v) is 8.55. The Balaban J connectivity index is 1.89. The van der Waals surface area contributed by atoms with Gasteiger partial charge in [0.1, 0.15) is 5.82 Å². The van der Waals surface area contributed by atoms with Crippen molar-refractivity contribution in [1.82, 2.24) is 4.90 Å². The number of nitrogens with zero attached hydrogens (tertiary/aromatic N) is 2.